The van der Waals surface area contributed by atoms with Crippen LogP contribution in [0.4, 0.5) is 16.4 Å². The lowest BCUT2D eigenvalue weighted by molar-refractivity contribution is 0.102. The molecule has 1 heterocycles. The highest BCUT2D eigenvalue weighted by molar-refractivity contribution is 7.16. The van der Waals surface area contributed by atoms with Gasteiger partial charge < -0.3 is 15.0 Å². The lowest BCUT2D eigenvalue weighted by Crippen LogP contribution is -2.17. The number of para-hydroxylation sites is 2. The lowest BCUT2D eigenvalue weighted by atomic mass is 9.88. The van der Waals surface area contributed by atoms with Crippen LogP contribution in [-0.2, 0) is 12.8 Å². The van der Waals surface area contributed by atoms with Gasteiger partial charge in [0.1, 0.15) is 10.8 Å². The Hall–Kier alpha value is -3.12. The molecule has 1 amide bonds. The van der Waals surface area contributed by atoms with E-state index in [-0.39, 0.29) is 5.91 Å². The molecule has 0 spiro atoms. The molecule has 0 bridgehead atoms. The number of anilines is 2. The zero-order chi connectivity index (χ0) is 23.4. The fraction of sp³-hybridized carbons (Fsp3) is 0.333. The average molecular weight is 462 g/mol. The van der Waals surface area contributed by atoms with Crippen molar-refractivity contribution in [2.24, 2.45) is 10.9 Å². The summed E-state index contributed by atoms with van der Waals surface area (Å²) in [6, 6.07) is 15.8. The maximum atomic E-state index is 13.5. The fourth-order valence-corrected chi connectivity index (χ4v) is 5.44. The van der Waals surface area contributed by atoms with Crippen molar-refractivity contribution in [3.05, 3.63) is 70.1 Å². The molecule has 0 radical (unpaired) electrons. The summed E-state index contributed by atoms with van der Waals surface area (Å²) in [5.41, 5.74) is 4.69. The number of ether oxygens (including phenoxy) is 1. The van der Waals surface area contributed by atoms with Gasteiger partial charge in [0, 0.05) is 30.9 Å². The second kappa shape index (κ2) is 10.2. The van der Waals surface area contributed by atoms with E-state index in [0.29, 0.717) is 29.5 Å². The molecule has 1 unspecified atom stereocenters. The Balaban J connectivity index is 1.66. The van der Waals surface area contributed by atoms with Crippen LogP contribution < -0.4 is 15.0 Å². The monoisotopic (exact) mass is 461 g/mol. The summed E-state index contributed by atoms with van der Waals surface area (Å²) in [5.74, 6) is 1.18. The van der Waals surface area contributed by atoms with E-state index in [1.165, 1.54) is 4.88 Å². The first-order valence-corrected chi connectivity index (χ1v) is 12.3. The maximum absolute atomic E-state index is 13.5. The van der Waals surface area contributed by atoms with E-state index in [0.717, 1.165) is 41.1 Å². The number of benzene rings is 2. The first-order valence-electron chi connectivity index (χ1n) is 11.5. The Morgan fingerprint density at radius 1 is 1.21 bits per heavy atom. The third-order valence-corrected chi connectivity index (χ3v) is 7.06. The summed E-state index contributed by atoms with van der Waals surface area (Å²) >= 11 is 1.65. The van der Waals surface area contributed by atoms with Gasteiger partial charge in [-0.05, 0) is 67.5 Å². The maximum Gasteiger partial charge on any atom is 0.259 e. The van der Waals surface area contributed by atoms with Crippen molar-refractivity contribution in [1.29, 1.82) is 0 Å². The number of hydrogen-bond acceptors (Lipinski definition) is 5. The first-order chi connectivity index (χ1) is 16.0. The van der Waals surface area contributed by atoms with Crippen LogP contribution in [0.2, 0.25) is 0 Å². The predicted octanol–water partition coefficient (Wildman–Crippen LogP) is 6.34. The molecule has 1 atom stereocenters. The van der Waals surface area contributed by atoms with Crippen molar-refractivity contribution in [3.63, 3.8) is 0 Å². The molecule has 172 valence electrons. The van der Waals surface area contributed by atoms with E-state index in [1.54, 1.807) is 11.3 Å². The van der Waals surface area contributed by atoms with Crippen LogP contribution >= 0.6 is 11.3 Å². The number of nitrogens with zero attached hydrogens (tertiary/aromatic N) is 2. The summed E-state index contributed by atoms with van der Waals surface area (Å²) in [6.07, 6.45) is 4.86. The molecule has 0 saturated heterocycles. The minimum absolute atomic E-state index is 0.121. The van der Waals surface area contributed by atoms with Crippen molar-refractivity contribution in [2.75, 3.05) is 30.9 Å². The highest BCUT2D eigenvalue weighted by atomic mass is 32.1. The number of thiophene rings is 1. The highest BCUT2D eigenvalue weighted by Crippen LogP contribution is 2.42. The van der Waals surface area contributed by atoms with E-state index >= 15 is 0 Å². The van der Waals surface area contributed by atoms with Crippen LogP contribution in [0.25, 0.3) is 0 Å². The van der Waals surface area contributed by atoms with E-state index in [2.05, 4.69) is 29.3 Å². The average Bonchev–Trinajstić information content (AvgIpc) is 3.17. The highest BCUT2D eigenvalue weighted by Gasteiger charge is 2.28. The van der Waals surface area contributed by atoms with Crippen LogP contribution in [0.1, 0.15) is 46.6 Å². The molecule has 3 aromatic rings. The molecule has 0 fully saturated rings. The Morgan fingerprint density at radius 2 is 1.97 bits per heavy atom. The largest absolute Gasteiger partial charge is 0.492 e. The summed E-state index contributed by atoms with van der Waals surface area (Å²) in [5, 5.41) is 3.86. The number of hydrogen-bond donors (Lipinski definition) is 1. The minimum atomic E-state index is -0.121. The van der Waals surface area contributed by atoms with Crippen LogP contribution in [0.3, 0.4) is 0 Å². The smallest absolute Gasteiger partial charge is 0.259 e. The summed E-state index contributed by atoms with van der Waals surface area (Å²) in [6.45, 7) is 4.75. The third kappa shape index (κ3) is 5.28. The van der Waals surface area contributed by atoms with Gasteiger partial charge >= 0.3 is 0 Å². The van der Waals surface area contributed by atoms with Crippen LogP contribution in [0.5, 0.6) is 5.75 Å². The van der Waals surface area contributed by atoms with Gasteiger partial charge in [-0.2, -0.15) is 0 Å². The van der Waals surface area contributed by atoms with Gasteiger partial charge in [-0.25, -0.2) is 4.99 Å². The molecule has 2 aromatic carbocycles. The van der Waals surface area contributed by atoms with Crippen LogP contribution in [0.15, 0.2) is 53.5 Å². The molecule has 5 nitrogen and oxygen atoms in total. The van der Waals surface area contributed by atoms with Crippen molar-refractivity contribution >= 4 is 39.8 Å². The zero-order valence-electron chi connectivity index (χ0n) is 19.7. The summed E-state index contributed by atoms with van der Waals surface area (Å²) in [4.78, 5) is 21.6. The third-order valence-electron chi connectivity index (χ3n) is 5.90. The van der Waals surface area contributed by atoms with E-state index < -0.39 is 0 Å². The predicted molar refractivity (Wildman–Crippen MR) is 139 cm³/mol. The molecule has 6 heteroatoms. The number of rotatable bonds is 7. The van der Waals surface area contributed by atoms with Crippen LogP contribution in [-0.4, -0.2) is 32.8 Å². The molecule has 33 heavy (non-hydrogen) atoms. The number of carbonyl (C=O) groups is 1. The molecular weight excluding hydrogens is 430 g/mol. The number of amides is 1. The topological polar surface area (TPSA) is 53.9 Å². The number of nitrogens with one attached hydrogen (secondary N) is 1. The van der Waals surface area contributed by atoms with Crippen molar-refractivity contribution in [2.45, 2.75) is 33.1 Å². The Labute approximate surface area is 200 Å². The standard InChI is InChI=1S/C27H31N3O2S/c1-5-32-23-9-7-6-8-22(23)29-26(31)25-21-15-10-18(2)16-24(21)33-27(25)28-17-19-11-13-20(14-12-19)30(3)4/h6-9,11-14,17-18H,5,10,15-16H2,1-4H3,(H,29,31). The Kier molecular flexibility index (Phi) is 7.14. The zero-order valence-corrected chi connectivity index (χ0v) is 20.5. The summed E-state index contributed by atoms with van der Waals surface area (Å²) < 4.78 is 5.70. The van der Waals surface area contributed by atoms with Crippen molar-refractivity contribution in [1.82, 2.24) is 0 Å². The molecule has 1 aliphatic carbocycles. The molecule has 4 rings (SSSR count). The van der Waals surface area contributed by atoms with E-state index in [4.69, 9.17) is 9.73 Å². The van der Waals surface area contributed by atoms with Gasteiger partial charge in [0.2, 0.25) is 0 Å². The fourth-order valence-electron chi connectivity index (χ4n) is 4.09. The van der Waals surface area contributed by atoms with E-state index in [1.807, 2.05) is 63.6 Å². The second-order valence-corrected chi connectivity index (χ2v) is 9.74. The van der Waals surface area contributed by atoms with Crippen molar-refractivity contribution < 1.29 is 9.53 Å². The van der Waals surface area contributed by atoms with Crippen LogP contribution in [0, 0.1) is 5.92 Å². The van der Waals surface area contributed by atoms with Gasteiger partial charge in [0.15, 0.2) is 0 Å². The SMILES string of the molecule is CCOc1ccccc1NC(=O)c1c(N=Cc2ccc(N(C)C)cc2)sc2c1CCC(C)C2. The molecule has 0 aliphatic heterocycles. The van der Waals surface area contributed by atoms with Gasteiger partial charge in [-0.3, -0.25) is 4.79 Å². The molecular formula is C27H31N3O2S. The first kappa shape index (κ1) is 23.1. The minimum Gasteiger partial charge on any atom is -0.492 e. The quantitative estimate of drug-likeness (QED) is 0.418. The van der Waals surface area contributed by atoms with E-state index in [9.17, 15) is 4.79 Å². The van der Waals surface area contributed by atoms with Crippen molar-refractivity contribution in [3.8, 4) is 5.75 Å². The molecule has 0 saturated carbocycles. The van der Waals surface area contributed by atoms with Gasteiger partial charge in [0.05, 0.1) is 17.9 Å². The molecule has 1 N–H and O–H groups in total. The number of carbonyl (C=O) groups excluding carboxylic acids is 1. The molecule has 1 aromatic heterocycles. The van der Waals surface area contributed by atoms with Gasteiger partial charge in [0.25, 0.3) is 5.91 Å². The molecule has 1 aliphatic rings. The number of aliphatic imine (C=N–C) groups is 1. The van der Waals surface area contributed by atoms with Gasteiger partial charge in [-0.1, -0.05) is 31.2 Å². The Morgan fingerprint density at radius 3 is 2.70 bits per heavy atom. The normalized spacial score (nSPS) is 15.3. The van der Waals surface area contributed by atoms with Gasteiger partial charge in [-0.15, -0.1) is 11.3 Å². The summed E-state index contributed by atoms with van der Waals surface area (Å²) in [7, 11) is 4.05. The second-order valence-electron chi connectivity index (χ2n) is 8.66. The number of fused-ring (bicyclic) bond motifs is 1. The lowest BCUT2D eigenvalue weighted by Gasteiger charge is -2.19. The Bertz CT molecular complexity index is 1150.